The summed E-state index contributed by atoms with van der Waals surface area (Å²) in [6, 6.07) is 1.07. The van der Waals surface area contributed by atoms with Crippen LogP contribution in [0.2, 0.25) is 0 Å². The van der Waals surface area contributed by atoms with Gasteiger partial charge in [-0.25, -0.2) is 0 Å². The lowest BCUT2D eigenvalue weighted by molar-refractivity contribution is -0.137. The van der Waals surface area contributed by atoms with Crippen LogP contribution in [0.1, 0.15) is 12.8 Å². The molecule has 0 aliphatic carbocycles. The molecule has 0 saturated heterocycles. The maximum Gasteiger partial charge on any atom is 0.303 e. The van der Waals surface area contributed by atoms with Gasteiger partial charge in [-0.15, -0.1) is 5.48 Å². The van der Waals surface area contributed by atoms with Crippen LogP contribution < -0.4 is 15.1 Å². The van der Waals surface area contributed by atoms with Crippen LogP contribution in [0.4, 0.5) is 0 Å². The summed E-state index contributed by atoms with van der Waals surface area (Å²) in [7, 11) is 0. The third kappa shape index (κ3) is 8.05. The molecule has 0 amide bonds. The minimum absolute atomic E-state index is 0.0217. The van der Waals surface area contributed by atoms with Gasteiger partial charge in [0.05, 0.1) is 58.9 Å². The summed E-state index contributed by atoms with van der Waals surface area (Å²) >= 11 is 7.01. The summed E-state index contributed by atoms with van der Waals surface area (Å²) in [6.07, 6.45) is 2.17. The van der Waals surface area contributed by atoms with Crippen LogP contribution >= 0.6 is 31.9 Å². The molecule has 1 atom stereocenters. The average Bonchev–Trinajstić information content (AvgIpc) is 3.14. The zero-order chi connectivity index (χ0) is 22.6. The molecule has 0 unspecified atom stereocenters. The second-order valence-corrected chi connectivity index (χ2v) is 7.92. The first kappa shape index (κ1) is 25.6. The molecule has 0 saturated carbocycles. The first-order valence-corrected chi connectivity index (χ1v) is 11.0. The number of carboxylic acid groups (broad SMARTS) is 1. The average molecular weight is 568 g/mol. The summed E-state index contributed by atoms with van der Waals surface area (Å²) in [5.74, 6) is -0.0228. The molecule has 1 aromatic carbocycles. The Bertz CT molecular complexity index is 861. The highest BCUT2D eigenvalue weighted by Gasteiger charge is 2.18. The maximum absolute atomic E-state index is 11.1. The summed E-state index contributed by atoms with van der Waals surface area (Å²) in [5, 5.41) is 18.1. The first-order valence-electron chi connectivity index (χ1n) is 9.45. The number of ether oxygens (including phenoxy) is 3. The number of H-pyrrole nitrogens is 1. The molecule has 0 aliphatic rings. The van der Waals surface area contributed by atoms with Crippen LogP contribution in [-0.4, -0.2) is 73.1 Å². The van der Waals surface area contributed by atoms with E-state index >= 15 is 0 Å². The van der Waals surface area contributed by atoms with E-state index in [2.05, 4.69) is 42.3 Å². The van der Waals surface area contributed by atoms with Gasteiger partial charge < -0.3 is 39.0 Å². The Kier molecular flexibility index (Phi) is 11.3. The van der Waals surface area contributed by atoms with E-state index in [0.29, 0.717) is 58.5 Å². The van der Waals surface area contributed by atoms with Crippen LogP contribution in [-0.2, 0) is 19.1 Å². The van der Waals surface area contributed by atoms with Crippen molar-refractivity contribution in [2.24, 2.45) is 0 Å². The van der Waals surface area contributed by atoms with Crippen LogP contribution in [0.5, 0.6) is 11.5 Å². The van der Waals surface area contributed by atoms with E-state index in [4.69, 9.17) is 29.3 Å². The Morgan fingerprint density at radius 1 is 1.19 bits per heavy atom. The topological polar surface area (TPSA) is 139 Å². The predicted octanol–water partition coefficient (Wildman–Crippen LogP) is 2.41. The molecule has 4 N–H and O–H groups in total. The number of rotatable bonds is 16. The minimum atomic E-state index is -0.989. The summed E-state index contributed by atoms with van der Waals surface area (Å²) in [6.45, 7) is 1.69. The Balaban J connectivity index is 1.97. The molecule has 0 aliphatic heterocycles. The Labute approximate surface area is 195 Å². The molecule has 172 valence electrons. The van der Waals surface area contributed by atoms with E-state index in [1.807, 2.05) is 6.07 Å². The summed E-state index contributed by atoms with van der Waals surface area (Å²) < 4.78 is 17.7. The van der Waals surface area contributed by atoms with Gasteiger partial charge in [0.2, 0.25) is 0 Å². The normalized spacial score (nSPS) is 12.1. The molecule has 0 bridgehead atoms. The lowest BCUT2D eigenvalue weighted by atomic mass is 10.2. The van der Waals surface area contributed by atoms with Gasteiger partial charge in [-0.3, -0.25) is 4.79 Å². The van der Waals surface area contributed by atoms with Gasteiger partial charge in [-0.1, -0.05) is 0 Å². The fraction of sp³-hybridized carbons (Fsp3) is 0.474. The van der Waals surface area contributed by atoms with Crippen LogP contribution in [0.15, 0.2) is 21.2 Å². The predicted molar refractivity (Wildman–Crippen MR) is 118 cm³/mol. The molecular formula is C19H24Br2N2O8. The van der Waals surface area contributed by atoms with E-state index in [1.54, 1.807) is 6.20 Å². The minimum Gasteiger partial charge on any atom is -0.489 e. The lowest BCUT2D eigenvalue weighted by Crippen LogP contribution is -2.33. The molecule has 2 aromatic rings. The van der Waals surface area contributed by atoms with E-state index in [0.717, 1.165) is 5.52 Å². The number of aldehydes is 1. The molecule has 0 radical (unpaired) electrons. The van der Waals surface area contributed by atoms with Gasteiger partial charge in [0.25, 0.3) is 0 Å². The Hall–Kier alpha value is -1.70. The number of aliphatic hydroxyl groups is 1. The SMILES string of the molecule is O=C[C@H](CCC(=O)O)NOc1c[nH]c2cc(Br)c(OCCOCCOCCO)c(Br)c12. The van der Waals surface area contributed by atoms with Crippen molar-refractivity contribution in [2.45, 2.75) is 18.9 Å². The number of hydrogen-bond acceptors (Lipinski definition) is 8. The number of nitrogens with one attached hydrogen (secondary N) is 2. The maximum atomic E-state index is 11.1. The summed E-state index contributed by atoms with van der Waals surface area (Å²) in [5.41, 5.74) is 3.35. The zero-order valence-corrected chi connectivity index (χ0v) is 19.7. The molecule has 10 nitrogen and oxygen atoms in total. The number of aliphatic hydroxyl groups excluding tert-OH is 1. The number of fused-ring (bicyclic) bond motifs is 1. The number of aliphatic carboxylic acids is 1. The fourth-order valence-corrected chi connectivity index (χ4v) is 4.09. The molecule has 1 heterocycles. The standard InChI is InChI=1S/C19H24Br2N2O8/c20-13-9-14-17(15(10-22-14)31-23-12(11-25)1-2-16(26)27)18(21)19(13)30-8-7-29-6-5-28-4-3-24/h9-12,22-24H,1-8H2,(H,26,27)/t12-/m0/s1. The molecule has 0 spiro atoms. The van der Waals surface area contributed by atoms with Crippen LogP contribution in [0, 0.1) is 0 Å². The van der Waals surface area contributed by atoms with Gasteiger partial charge in [0.15, 0.2) is 5.75 Å². The zero-order valence-electron chi connectivity index (χ0n) is 16.6. The van der Waals surface area contributed by atoms with E-state index in [-0.39, 0.29) is 26.1 Å². The van der Waals surface area contributed by atoms with E-state index < -0.39 is 12.0 Å². The van der Waals surface area contributed by atoms with Crippen molar-refractivity contribution in [3.05, 3.63) is 21.2 Å². The molecule has 1 aromatic heterocycles. The number of carboxylic acids is 1. The smallest absolute Gasteiger partial charge is 0.303 e. The molecule has 0 fully saturated rings. The number of benzene rings is 1. The fourth-order valence-electron chi connectivity index (χ4n) is 2.55. The highest BCUT2D eigenvalue weighted by Crippen LogP contribution is 2.43. The first-order chi connectivity index (χ1) is 15.0. The summed E-state index contributed by atoms with van der Waals surface area (Å²) in [4.78, 5) is 30.4. The lowest BCUT2D eigenvalue weighted by Gasteiger charge is -2.14. The number of aromatic nitrogens is 1. The van der Waals surface area contributed by atoms with Crippen molar-refractivity contribution in [1.82, 2.24) is 10.5 Å². The number of hydroxylamine groups is 1. The number of carbonyl (C=O) groups excluding carboxylic acids is 1. The third-order valence-corrected chi connectivity index (χ3v) is 5.36. The second-order valence-electron chi connectivity index (χ2n) is 6.27. The number of aromatic amines is 1. The van der Waals surface area contributed by atoms with E-state index in [9.17, 15) is 9.59 Å². The van der Waals surface area contributed by atoms with Crippen molar-refractivity contribution < 1.29 is 38.9 Å². The van der Waals surface area contributed by atoms with E-state index in [1.165, 1.54) is 0 Å². The van der Waals surface area contributed by atoms with Crippen molar-refractivity contribution in [2.75, 3.05) is 39.6 Å². The Morgan fingerprint density at radius 3 is 2.58 bits per heavy atom. The van der Waals surface area contributed by atoms with Gasteiger partial charge in [0.1, 0.15) is 18.6 Å². The van der Waals surface area contributed by atoms with Gasteiger partial charge in [-0.2, -0.15) is 0 Å². The van der Waals surface area contributed by atoms with Crippen LogP contribution in [0.3, 0.4) is 0 Å². The van der Waals surface area contributed by atoms with Gasteiger partial charge in [0, 0.05) is 12.6 Å². The highest BCUT2D eigenvalue weighted by molar-refractivity contribution is 9.11. The Morgan fingerprint density at radius 2 is 1.90 bits per heavy atom. The van der Waals surface area contributed by atoms with Gasteiger partial charge >= 0.3 is 5.97 Å². The second kappa shape index (κ2) is 13.7. The molecular weight excluding hydrogens is 544 g/mol. The number of halogens is 2. The molecule has 31 heavy (non-hydrogen) atoms. The van der Waals surface area contributed by atoms with Crippen molar-refractivity contribution >= 4 is 55.0 Å². The largest absolute Gasteiger partial charge is 0.489 e. The van der Waals surface area contributed by atoms with Crippen molar-refractivity contribution in [1.29, 1.82) is 0 Å². The van der Waals surface area contributed by atoms with Crippen molar-refractivity contribution in [3.63, 3.8) is 0 Å². The monoisotopic (exact) mass is 566 g/mol. The highest BCUT2D eigenvalue weighted by atomic mass is 79.9. The molecule has 2 rings (SSSR count). The molecule has 12 heteroatoms. The third-order valence-electron chi connectivity index (χ3n) is 4.02. The quantitative estimate of drug-likeness (QED) is 0.137. The van der Waals surface area contributed by atoms with Crippen molar-refractivity contribution in [3.8, 4) is 11.5 Å². The number of hydrogen-bond donors (Lipinski definition) is 4. The van der Waals surface area contributed by atoms with Gasteiger partial charge in [-0.05, 0) is 44.3 Å². The van der Waals surface area contributed by atoms with Crippen LogP contribution in [0.25, 0.3) is 10.9 Å². The number of carbonyl (C=O) groups is 2.